The highest BCUT2D eigenvalue weighted by Gasteiger charge is 2.73. The zero-order chi connectivity index (χ0) is 21.4. The number of imidazole rings is 1. The summed E-state index contributed by atoms with van der Waals surface area (Å²) in [5, 5.41) is 0. The van der Waals surface area contributed by atoms with Crippen LogP contribution in [-0.4, -0.2) is 14.5 Å². The van der Waals surface area contributed by atoms with Gasteiger partial charge in [-0.15, -0.1) is 4.57 Å². The molecule has 0 saturated heterocycles. The maximum Gasteiger partial charge on any atom is 0.402 e. The molecule has 0 radical (unpaired) electrons. The van der Waals surface area contributed by atoms with Crippen LogP contribution in [0.25, 0.3) is 17.1 Å². The molecule has 0 fully saturated rings. The van der Waals surface area contributed by atoms with Crippen LogP contribution in [0.1, 0.15) is 48.0 Å². The minimum atomic E-state index is -0.960. The molecule has 0 saturated carbocycles. The van der Waals surface area contributed by atoms with Crippen molar-refractivity contribution in [1.82, 2.24) is 14.5 Å². The second-order valence-corrected chi connectivity index (χ2v) is 9.12. The summed E-state index contributed by atoms with van der Waals surface area (Å²) in [6.07, 6.45) is 0. The molecule has 7 heterocycles. The SMILES string of the molecule is Cc1nc(C)n2c1[C@@]13c4cc(F)nc(F)c4-c4cccc([n+]41)C(C)(C)c1cccc-2[n+]13. The quantitative estimate of drug-likeness (QED) is 0.283. The van der Waals surface area contributed by atoms with Gasteiger partial charge in [0.2, 0.25) is 23.3 Å². The Balaban J connectivity index is 1.85. The van der Waals surface area contributed by atoms with Gasteiger partial charge in [0.25, 0.3) is 11.5 Å². The van der Waals surface area contributed by atoms with Crippen molar-refractivity contribution in [2.45, 2.75) is 38.8 Å². The summed E-state index contributed by atoms with van der Waals surface area (Å²) in [7, 11) is 0. The van der Waals surface area contributed by atoms with Crippen LogP contribution in [0.15, 0.2) is 42.5 Å². The van der Waals surface area contributed by atoms with E-state index in [1.165, 1.54) is 6.07 Å². The zero-order valence-corrected chi connectivity index (χ0v) is 17.5. The molecular weight excluding hydrogens is 396 g/mol. The number of aromatic nitrogens is 5. The summed E-state index contributed by atoms with van der Waals surface area (Å²) in [5.74, 6) is 0.178. The minimum absolute atomic E-state index is 0.348. The fourth-order valence-electron chi connectivity index (χ4n) is 6.21. The van der Waals surface area contributed by atoms with Crippen LogP contribution in [0, 0.1) is 25.7 Å². The fourth-order valence-corrected chi connectivity index (χ4v) is 6.21. The van der Waals surface area contributed by atoms with E-state index in [2.05, 4.69) is 44.7 Å². The van der Waals surface area contributed by atoms with Crippen LogP contribution in [0.5, 0.6) is 0 Å². The van der Waals surface area contributed by atoms with E-state index in [1.54, 1.807) is 0 Å². The predicted molar refractivity (Wildman–Crippen MR) is 107 cm³/mol. The molecule has 7 rings (SSSR count). The van der Waals surface area contributed by atoms with Crippen LogP contribution in [-0.2, 0) is 11.1 Å². The Hall–Kier alpha value is -3.48. The lowest BCUT2D eigenvalue weighted by Crippen LogP contribution is -2.79. The average Bonchev–Trinajstić information content (AvgIpc) is 3.30. The summed E-state index contributed by atoms with van der Waals surface area (Å²) in [6, 6.07) is 13.5. The highest BCUT2D eigenvalue weighted by molar-refractivity contribution is 5.68. The minimum Gasteiger partial charge on any atom is -0.214 e. The maximum absolute atomic E-state index is 15.3. The molecule has 1 spiro atoms. The first-order valence-corrected chi connectivity index (χ1v) is 10.4. The molecule has 0 aromatic carbocycles. The molecule has 0 N–H and O–H groups in total. The third-order valence-electron chi connectivity index (χ3n) is 7.24. The van der Waals surface area contributed by atoms with Crippen molar-refractivity contribution >= 4 is 0 Å². The van der Waals surface area contributed by atoms with Crippen molar-refractivity contribution in [3.05, 3.63) is 88.5 Å². The molecule has 0 unspecified atom stereocenters. The number of aryl methyl sites for hydroxylation is 2. The molecular formula is C24H19F2N5+2. The molecule has 5 nitrogen and oxygen atoms in total. The number of nitrogens with zero attached hydrogens (tertiary/aromatic N) is 5. The number of rotatable bonds is 0. The van der Waals surface area contributed by atoms with Gasteiger partial charge in [-0.05, 0) is 32.9 Å². The topological polar surface area (TPSA) is 38.5 Å². The molecule has 31 heavy (non-hydrogen) atoms. The first-order chi connectivity index (χ1) is 14.8. The molecule has 0 bridgehead atoms. The summed E-state index contributed by atoms with van der Waals surface area (Å²) < 4.78 is 36.4. The molecule has 3 aliphatic heterocycles. The maximum atomic E-state index is 15.3. The van der Waals surface area contributed by atoms with Gasteiger partial charge in [-0.1, -0.05) is 6.07 Å². The van der Waals surface area contributed by atoms with Crippen molar-refractivity contribution in [2.24, 2.45) is 0 Å². The van der Waals surface area contributed by atoms with E-state index in [0.29, 0.717) is 16.8 Å². The Kier molecular flexibility index (Phi) is 2.71. The van der Waals surface area contributed by atoms with Crippen molar-refractivity contribution in [3.8, 4) is 17.1 Å². The second kappa shape index (κ2) is 4.88. The molecule has 3 aliphatic rings. The van der Waals surface area contributed by atoms with E-state index in [9.17, 15) is 4.39 Å². The van der Waals surface area contributed by atoms with E-state index < -0.39 is 17.6 Å². The smallest absolute Gasteiger partial charge is 0.214 e. The Morgan fingerprint density at radius 1 is 0.935 bits per heavy atom. The lowest BCUT2D eigenvalue weighted by molar-refractivity contribution is -0.972. The van der Waals surface area contributed by atoms with E-state index in [0.717, 1.165) is 34.4 Å². The van der Waals surface area contributed by atoms with Crippen molar-refractivity contribution in [3.63, 3.8) is 0 Å². The summed E-state index contributed by atoms with van der Waals surface area (Å²) in [5.41, 5.74) is 4.14. The van der Waals surface area contributed by atoms with Crippen LogP contribution < -0.4 is 9.13 Å². The first-order valence-electron chi connectivity index (χ1n) is 10.4. The molecule has 1 atom stereocenters. The van der Waals surface area contributed by atoms with Gasteiger partial charge in [0.15, 0.2) is 5.82 Å². The predicted octanol–water partition coefficient (Wildman–Crippen LogP) is 2.97. The van der Waals surface area contributed by atoms with Crippen molar-refractivity contribution < 1.29 is 17.9 Å². The molecule has 4 aromatic heterocycles. The monoisotopic (exact) mass is 415 g/mol. The highest BCUT2D eigenvalue weighted by Crippen LogP contribution is 2.50. The van der Waals surface area contributed by atoms with E-state index in [1.807, 2.05) is 38.1 Å². The Morgan fingerprint density at radius 2 is 1.65 bits per heavy atom. The van der Waals surface area contributed by atoms with Crippen molar-refractivity contribution in [2.75, 3.05) is 0 Å². The average molecular weight is 415 g/mol. The zero-order valence-electron chi connectivity index (χ0n) is 17.5. The lowest BCUT2D eigenvalue weighted by Gasteiger charge is -2.33. The largest absolute Gasteiger partial charge is 0.402 e. The Morgan fingerprint density at radius 3 is 2.42 bits per heavy atom. The normalized spacial score (nSPS) is 20.3. The fraction of sp³-hybridized carbons (Fsp3) is 0.250. The van der Waals surface area contributed by atoms with E-state index in [-0.39, 0.29) is 5.41 Å². The number of halogens is 2. The van der Waals surface area contributed by atoms with Gasteiger partial charge in [-0.25, -0.2) is 4.98 Å². The van der Waals surface area contributed by atoms with Gasteiger partial charge in [-0.3, -0.25) is 0 Å². The van der Waals surface area contributed by atoms with Crippen molar-refractivity contribution in [1.29, 1.82) is 0 Å². The van der Waals surface area contributed by atoms with Crippen LogP contribution in [0.2, 0.25) is 0 Å². The molecule has 0 aliphatic carbocycles. The van der Waals surface area contributed by atoms with Gasteiger partial charge in [0.05, 0.1) is 5.69 Å². The van der Waals surface area contributed by atoms with Gasteiger partial charge >= 0.3 is 5.66 Å². The standard InChI is InChI=1S/C24H19F2N5/c1-12-21-24-14-11-18(25)28-22(26)20(14)15-7-5-8-16(30(15)24)23(3,4)17-9-6-10-19(31(17)24)29(21)13(2)27-12/h5-11H,1-4H3/q+2/t24-/m0/s1. The number of hydrogen-bond donors (Lipinski definition) is 0. The third kappa shape index (κ3) is 1.58. The molecule has 7 heteroatoms. The van der Waals surface area contributed by atoms with Gasteiger partial charge in [-0.2, -0.15) is 22.9 Å². The molecule has 152 valence electrons. The van der Waals surface area contributed by atoms with Gasteiger partial charge < -0.3 is 0 Å². The van der Waals surface area contributed by atoms with Crippen LogP contribution >= 0.6 is 0 Å². The number of fused-ring (bicyclic) bond motifs is 4. The summed E-state index contributed by atoms with van der Waals surface area (Å²) >= 11 is 0. The van der Waals surface area contributed by atoms with Crippen LogP contribution in [0.4, 0.5) is 8.78 Å². The number of hydrogen-bond acceptors (Lipinski definition) is 2. The third-order valence-corrected chi connectivity index (χ3v) is 7.24. The van der Waals surface area contributed by atoms with E-state index in [4.69, 9.17) is 4.98 Å². The summed E-state index contributed by atoms with van der Waals surface area (Å²) in [4.78, 5) is 8.30. The Bertz CT molecular complexity index is 1520. The highest BCUT2D eigenvalue weighted by atomic mass is 19.1. The summed E-state index contributed by atoms with van der Waals surface area (Å²) in [6.45, 7) is 8.28. The molecule has 0 amide bonds. The van der Waals surface area contributed by atoms with Crippen LogP contribution in [0.3, 0.4) is 0 Å². The Labute approximate surface area is 177 Å². The number of pyridine rings is 3. The second-order valence-electron chi connectivity index (χ2n) is 9.12. The van der Waals surface area contributed by atoms with Gasteiger partial charge in [0.1, 0.15) is 22.2 Å². The van der Waals surface area contributed by atoms with E-state index >= 15 is 4.39 Å². The molecule has 4 aromatic rings. The van der Waals surface area contributed by atoms with Gasteiger partial charge in [0, 0.05) is 31.2 Å². The lowest BCUT2D eigenvalue weighted by atomic mass is 9.79. The first kappa shape index (κ1) is 17.2.